The quantitative estimate of drug-likeness (QED) is 0.888. The minimum absolute atomic E-state index is 0.546. The molecule has 0 spiro atoms. The van der Waals surface area contributed by atoms with Gasteiger partial charge in [-0.1, -0.05) is 12.1 Å². The summed E-state index contributed by atoms with van der Waals surface area (Å²) in [6.45, 7) is 2.16. The highest BCUT2D eigenvalue weighted by Gasteiger charge is 2.18. The Bertz CT molecular complexity index is 544. The molecule has 3 rings (SSSR count). The van der Waals surface area contributed by atoms with E-state index in [9.17, 15) is 0 Å². The molecule has 1 aromatic heterocycles. The summed E-state index contributed by atoms with van der Waals surface area (Å²) < 4.78 is 5.39. The van der Waals surface area contributed by atoms with Crippen LogP contribution in [0.25, 0.3) is 11.3 Å². The number of methoxy groups -OCH3 is 1. The van der Waals surface area contributed by atoms with E-state index in [1.165, 1.54) is 18.5 Å². The zero-order valence-electron chi connectivity index (χ0n) is 11.1. The van der Waals surface area contributed by atoms with Crippen molar-refractivity contribution in [1.82, 2.24) is 15.5 Å². The number of ether oxygens (including phenoxy) is 1. The third-order valence-electron chi connectivity index (χ3n) is 3.72. The van der Waals surface area contributed by atoms with Crippen molar-refractivity contribution in [2.45, 2.75) is 18.8 Å². The summed E-state index contributed by atoms with van der Waals surface area (Å²) in [5.41, 5.74) is 3.21. The summed E-state index contributed by atoms with van der Waals surface area (Å²) in [4.78, 5) is 0. The van der Waals surface area contributed by atoms with Crippen molar-refractivity contribution < 1.29 is 4.74 Å². The number of hydrogen-bond donors (Lipinski definition) is 2. The second-order valence-corrected chi connectivity index (χ2v) is 4.95. The molecule has 2 aromatic rings. The van der Waals surface area contributed by atoms with E-state index < -0.39 is 0 Å². The molecule has 1 fully saturated rings. The molecule has 0 radical (unpaired) electrons. The van der Waals surface area contributed by atoms with Crippen molar-refractivity contribution in [2.24, 2.45) is 0 Å². The summed E-state index contributed by atoms with van der Waals surface area (Å²) in [5.74, 6) is 1.41. The van der Waals surface area contributed by atoms with E-state index in [0.717, 1.165) is 30.1 Å². The molecule has 19 heavy (non-hydrogen) atoms. The molecule has 1 unspecified atom stereocenters. The molecule has 0 bridgehead atoms. The van der Waals surface area contributed by atoms with Crippen LogP contribution in [0.3, 0.4) is 0 Å². The second-order valence-electron chi connectivity index (χ2n) is 4.95. The van der Waals surface area contributed by atoms with E-state index in [4.69, 9.17) is 4.74 Å². The Labute approximate surface area is 113 Å². The molecule has 0 saturated carbocycles. The molecule has 2 heterocycles. The monoisotopic (exact) mass is 257 g/mol. The van der Waals surface area contributed by atoms with Gasteiger partial charge in [0.25, 0.3) is 0 Å². The summed E-state index contributed by atoms with van der Waals surface area (Å²) in [6, 6.07) is 10.1. The first kappa shape index (κ1) is 12.2. The molecule has 1 aromatic carbocycles. The van der Waals surface area contributed by atoms with Crippen molar-refractivity contribution in [3.63, 3.8) is 0 Å². The Hall–Kier alpha value is -1.81. The molecule has 4 heteroatoms. The van der Waals surface area contributed by atoms with E-state index in [0.29, 0.717) is 5.92 Å². The summed E-state index contributed by atoms with van der Waals surface area (Å²) in [7, 11) is 1.69. The van der Waals surface area contributed by atoms with Gasteiger partial charge in [-0.2, -0.15) is 5.10 Å². The number of nitrogens with one attached hydrogen (secondary N) is 2. The predicted octanol–water partition coefficient (Wildman–Crippen LogP) is 2.55. The van der Waals surface area contributed by atoms with E-state index >= 15 is 0 Å². The molecule has 0 aliphatic carbocycles. The molecule has 1 aliphatic heterocycles. The first-order valence-electron chi connectivity index (χ1n) is 6.78. The summed E-state index contributed by atoms with van der Waals surface area (Å²) in [6.07, 6.45) is 2.45. The lowest BCUT2D eigenvalue weighted by Crippen LogP contribution is -2.28. The van der Waals surface area contributed by atoms with Gasteiger partial charge in [0.05, 0.1) is 12.8 Å². The molecule has 0 amide bonds. The Morgan fingerprint density at radius 1 is 1.32 bits per heavy atom. The Morgan fingerprint density at radius 3 is 3.00 bits per heavy atom. The molecular formula is C15H19N3O. The van der Waals surface area contributed by atoms with Gasteiger partial charge in [0.15, 0.2) is 0 Å². The van der Waals surface area contributed by atoms with Crippen molar-refractivity contribution >= 4 is 0 Å². The van der Waals surface area contributed by atoms with Gasteiger partial charge < -0.3 is 10.1 Å². The van der Waals surface area contributed by atoms with Gasteiger partial charge in [-0.15, -0.1) is 0 Å². The second kappa shape index (κ2) is 5.45. The molecule has 1 saturated heterocycles. The Balaban J connectivity index is 1.88. The van der Waals surface area contributed by atoms with Crippen LogP contribution < -0.4 is 10.1 Å². The van der Waals surface area contributed by atoms with E-state index in [1.807, 2.05) is 24.3 Å². The highest BCUT2D eigenvalue weighted by molar-refractivity contribution is 5.67. The first-order valence-corrected chi connectivity index (χ1v) is 6.78. The fourth-order valence-corrected chi connectivity index (χ4v) is 2.66. The van der Waals surface area contributed by atoms with E-state index in [1.54, 1.807) is 7.11 Å². The average Bonchev–Trinajstić information content (AvgIpc) is 2.98. The van der Waals surface area contributed by atoms with Crippen LogP contribution in [0.4, 0.5) is 0 Å². The Morgan fingerprint density at radius 2 is 2.21 bits per heavy atom. The molecular weight excluding hydrogens is 238 g/mol. The van der Waals surface area contributed by atoms with Crippen LogP contribution in [0.2, 0.25) is 0 Å². The van der Waals surface area contributed by atoms with Crippen molar-refractivity contribution in [3.05, 3.63) is 36.0 Å². The first-order chi connectivity index (χ1) is 9.38. The number of nitrogens with zero attached hydrogens (tertiary/aromatic N) is 1. The van der Waals surface area contributed by atoms with Crippen LogP contribution in [-0.4, -0.2) is 30.4 Å². The number of aromatic amines is 1. The highest BCUT2D eigenvalue weighted by Crippen LogP contribution is 2.30. The number of piperidine rings is 1. The topological polar surface area (TPSA) is 49.9 Å². The van der Waals surface area contributed by atoms with Gasteiger partial charge in [-0.05, 0) is 37.6 Å². The Kier molecular flexibility index (Phi) is 3.51. The third-order valence-corrected chi connectivity index (χ3v) is 3.72. The molecule has 100 valence electrons. The zero-order valence-corrected chi connectivity index (χ0v) is 11.1. The van der Waals surface area contributed by atoms with Gasteiger partial charge in [-0.3, -0.25) is 5.10 Å². The lowest BCUT2D eigenvalue weighted by molar-refractivity contribution is 0.416. The zero-order chi connectivity index (χ0) is 13.1. The fourth-order valence-electron chi connectivity index (χ4n) is 2.66. The standard InChI is InChI=1S/C15H19N3O/c1-19-15-7-3-2-6-12(15)14-9-13(17-18-14)11-5-4-8-16-10-11/h2-3,6-7,9,11,16H,4-5,8,10H2,1H3,(H,17,18). The predicted molar refractivity (Wildman–Crippen MR) is 75.4 cm³/mol. The largest absolute Gasteiger partial charge is 0.496 e. The molecule has 2 N–H and O–H groups in total. The van der Waals surface area contributed by atoms with Crippen LogP contribution in [0.5, 0.6) is 5.75 Å². The van der Waals surface area contributed by atoms with Crippen LogP contribution in [-0.2, 0) is 0 Å². The van der Waals surface area contributed by atoms with Crippen LogP contribution in [0, 0.1) is 0 Å². The van der Waals surface area contributed by atoms with Crippen LogP contribution in [0.1, 0.15) is 24.5 Å². The van der Waals surface area contributed by atoms with E-state index in [-0.39, 0.29) is 0 Å². The van der Waals surface area contributed by atoms with Crippen LogP contribution >= 0.6 is 0 Å². The number of rotatable bonds is 3. The minimum atomic E-state index is 0.546. The van der Waals surface area contributed by atoms with Gasteiger partial charge in [0.2, 0.25) is 0 Å². The lowest BCUT2D eigenvalue weighted by atomic mass is 9.96. The average molecular weight is 257 g/mol. The molecule has 4 nitrogen and oxygen atoms in total. The summed E-state index contributed by atoms with van der Waals surface area (Å²) in [5, 5.41) is 11.0. The maximum atomic E-state index is 5.39. The molecule has 1 aliphatic rings. The maximum Gasteiger partial charge on any atom is 0.128 e. The van der Waals surface area contributed by atoms with Crippen molar-refractivity contribution in [2.75, 3.05) is 20.2 Å². The summed E-state index contributed by atoms with van der Waals surface area (Å²) >= 11 is 0. The van der Waals surface area contributed by atoms with Gasteiger partial charge in [-0.25, -0.2) is 0 Å². The smallest absolute Gasteiger partial charge is 0.128 e. The number of H-pyrrole nitrogens is 1. The minimum Gasteiger partial charge on any atom is -0.496 e. The van der Waals surface area contributed by atoms with Gasteiger partial charge in [0, 0.05) is 23.7 Å². The highest BCUT2D eigenvalue weighted by atomic mass is 16.5. The third kappa shape index (κ3) is 2.49. The number of para-hydroxylation sites is 1. The SMILES string of the molecule is COc1ccccc1-c1cc(C2CCCNC2)[nH]n1. The maximum absolute atomic E-state index is 5.39. The van der Waals surface area contributed by atoms with Crippen LogP contribution in [0.15, 0.2) is 30.3 Å². The number of benzene rings is 1. The number of aromatic nitrogens is 2. The van der Waals surface area contributed by atoms with Gasteiger partial charge >= 0.3 is 0 Å². The fraction of sp³-hybridized carbons (Fsp3) is 0.400. The van der Waals surface area contributed by atoms with Crippen molar-refractivity contribution in [1.29, 1.82) is 0 Å². The van der Waals surface area contributed by atoms with E-state index in [2.05, 4.69) is 21.6 Å². The van der Waals surface area contributed by atoms with Crippen molar-refractivity contribution in [3.8, 4) is 17.0 Å². The number of hydrogen-bond acceptors (Lipinski definition) is 3. The normalized spacial score (nSPS) is 19.3. The lowest BCUT2D eigenvalue weighted by Gasteiger charge is -2.21. The molecule has 1 atom stereocenters. The van der Waals surface area contributed by atoms with Gasteiger partial charge in [0.1, 0.15) is 5.75 Å².